The first-order chi connectivity index (χ1) is 11.0. The van der Waals surface area contributed by atoms with Gasteiger partial charge in [-0.05, 0) is 36.4 Å². The molecule has 2 rings (SSSR count). The first-order valence-corrected chi connectivity index (χ1v) is 6.67. The second-order valence-electron chi connectivity index (χ2n) is 4.50. The lowest BCUT2D eigenvalue weighted by molar-refractivity contribution is -0.135. The largest absolute Gasteiger partial charge is 0.480 e. The molecule has 2 aromatic rings. The lowest BCUT2D eigenvalue weighted by atomic mass is 10.2. The molecule has 7 heteroatoms. The van der Waals surface area contributed by atoms with E-state index in [1.807, 2.05) is 0 Å². The summed E-state index contributed by atoms with van der Waals surface area (Å²) in [6, 6.07) is 9.59. The minimum Gasteiger partial charge on any atom is -0.480 e. The second kappa shape index (κ2) is 7.60. The SMILES string of the molecule is O=C(O)CNC(=O)c1cccc(NC(=O)/C=C/c2ccco2)c1. The van der Waals surface area contributed by atoms with E-state index in [4.69, 9.17) is 9.52 Å². The summed E-state index contributed by atoms with van der Waals surface area (Å²) >= 11 is 0. The molecule has 23 heavy (non-hydrogen) atoms. The van der Waals surface area contributed by atoms with Crippen LogP contribution in [0.1, 0.15) is 16.1 Å². The Hall–Kier alpha value is -3.35. The number of carboxylic acids is 1. The van der Waals surface area contributed by atoms with Crippen LogP contribution in [-0.4, -0.2) is 29.4 Å². The molecule has 0 radical (unpaired) electrons. The van der Waals surface area contributed by atoms with E-state index in [-0.39, 0.29) is 11.5 Å². The van der Waals surface area contributed by atoms with Crippen LogP contribution in [-0.2, 0) is 9.59 Å². The molecule has 2 amide bonds. The molecule has 0 atom stereocenters. The maximum absolute atomic E-state index is 11.8. The van der Waals surface area contributed by atoms with Gasteiger partial charge in [-0.1, -0.05) is 6.07 Å². The van der Waals surface area contributed by atoms with Crippen molar-refractivity contribution in [2.24, 2.45) is 0 Å². The number of nitrogens with one attached hydrogen (secondary N) is 2. The highest BCUT2D eigenvalue weighted by Crippen LogP contribution is 2.11. The fraction of sp³-hybridized carbons (Fsp3) is 0.0625. The number of hydrogen-bond donors (Lipinski definition) is 3. The maximum Gasteiger partial charge on any atom is 0.322 e. The number of furan rings is 1. The van der Waals surface area contributed by atoms with Crippen LogP contribution < -0.4 is 10.6 Å². The van der Waals surface area contributed by atoms with Crippen LogP contribution in [0.3, 0.4) is 0 Å². The van der Waals surface area contributed by atoms with Gasteiger partial charge in [0.05, 0.1) is 6.26 Å². The maximum atomic E-state index is 11.8. The van der Waals surface area contributed by atoms with E-state index in [1.165, 1.54) is 30.5 Å². The van der Waals surface area contributed by atoms with Gasteiger partial charge in [0.25, 0.3) is 5.91 Å². The predicted octanol–water partition coefficient (Wildman–Crippen LogP) is 1.75. The number of aliphatic carboxylic acids is 1. The number of rotatable bonds is 6. The Kier molecular flexibility index (Phi) is 5.30. The van der Waals surface area contributed by atoms with Crippen molar-refractivity contribution in [2.75, 3.05) is 11.9 Å². The van der Waals surface area contributed by atoms with Crippen LogP contribution >= 0.6 is 0 Å². The van der Waals surface area contributed by atoms with Crippen molar-refractivity contribution in [3.05, 3.63) is 60.1 Å². The van der Waals surface area contributed by atoms with Crippen LogP contribution in [0.2, 0.25) is 0 Å². The molecule has 1 aromatic carbocycles. The summed E-state index contributed by atoms with van der Waals surface area (Å²) in [6.07, 6.45) is 4.31. The normalized spacial score (nSPS) is 10.4. The lowest BCUT2D eigenvalue weighted by Crippen LogP contribution is -2.29. The van der Waals surface area contributed by atoms with Gasteiger partial charge in [0, 0.05) is 17.3 Å². The van der Waals surface area contributed by atoms with Gasteiger partial charge in [0.1, 0.15) is 12.3 Å². The van der Waals surface area contributed by atoms with E-state index in [0.29, 0.717) is 11.4 Å². The van der Waals surface area contributed by atoms with Crippen molar-refractivity contribution in [1.82, 2.24) is 5.32 Å². The number of anilines is 1. The highest BCUT2D eigenvalue weighted by atomic mass is 16.4. The van der Waals surface area contributed by atoms with Crippen LogP contribution in [0.25, 0.3) is 6.08 Å². The van der Waals surface area contributed by atoms with Crippen molar-refractivity contribution in [2.45, 2.75) is 0 Å². The number of carboxylic acid groups (broad SMARTS) is 1. The van der Waals surface area contributed by atoms with Gasteiger partial charge in [-0.15, -0.1) is 0 Å². The Labute approximate surface area is 131 Å². The molecule has 0 fully saturated rings. The molecular formula is C16H14N2O5. The Morgan fingerprint density at radius 3 is 2.70 bits per heavy atom. The topological polar surface area (TPSA) is 109 Å². The summed E-state index contributed by atoms with van der Waals surface area (Å²) in [7, 11) is 0. The third-order valence-electron chi connectivity index (χ3n) is 2.73. The number of benzene rings is 1. The molecule has 118 valence electrons. The summed E-state index contributed by atoms with van der Waals surface area (Å²) in [5.74, 6) is -1.51. The van der Waals surface area contributed by atoms with E-state index in [0.717, 1.165) is 0 Å². The number of hydrogen-bond acceptors (Lipinski definition) is 4. The van der Waals surface area contributed by atoms with Gasteiger partial charge in [-0.3, -0.25) is 14.4 Å². The summed E-state index contributed by atoms with van der Waals surface area (Å²) in [6.45, 7) is -0.471. The van der Waals surface area contributed by atoms with E-state index >= 15 is 0 Å². The molecular weight excluding hydrogens is 300 g/mol. The van der Waals surface area contributed by atoms with Crippen molar-refractivity contribution >= 4 is 29.5 Å². The fourth-order valence-corrected chi connectivity index (χ4v) is 1.72. The Bertz CT molecular complexity index is 735. The standard InChI is InChI=1S/C16H14N2O5/c19-14(7-6-13-5-2-8-23-13)18-12-4-1-3-11(9-12)16(22)17-10-15(20)21/h1-9H,10H2,(H,17,22)(H,18,19)(H,20,21)/b7-6+. The fourth-order valence-electron chi connectivity index (χ4n) is 1.72. The average molecular weight is 314 g/mol. The minimum atomic E-state index is -1.13. The summed E-state index contributed by atoms with van der Waals surface area (Å²) in [5.41, 5.74) is 0.668. The zero-order valence-electron chi connectivity index (χ0n) is 12.0. The van der Waals surface area contributed by atoms with Crippen LogP contribution in [0.5, 0.6) is 0 Å². The van der Waals surface area contributed by atoms with Crippen LogP contribution in [0.15, 0.2) is 53.2 Å². The third kappa shape index (κ3) is 5.16. The Morgan fingerprint density at radius 2 is 2.00 bits per heavy atom. The van der Waals surface area contributed by atoms with Gasteiger partial charge in [-0.25, -0.2) is 0 Å². The number of carbonyl (C=O) groups excluding carboxylic acids is 2. The smallest absolute Gasteiger partial charge is 0.322 e. The molecule has 0 unspecified atom stereocenters. The van der Waals surface area contributed by atoms with E-state index in [2.05, 4.69) is 10.6 Å². The third-order valence-corrected chi connectivity index (χ3v) is 2.73. The summed E-state index contributed by atoms with van der Waals surface area (Å²) in [5, 5.41) is 13.4. The highest BCUT2D eigenvalue weighted by molar-refractivity contribution is 6.03. The molecule has 0 saturated carbocycles. The molecule has 0 bridgehead atoms. The van der Waals surface area contributed by atoms with Crippen molar-refractivity contribution in [1.29, 1.82) is 0 Å². The Morgan fingerprint density at radius 1 is 1.17 bits per heavy atom. The molecule has 3 N–H and O–H groups in total. The molecule has 0 aliphatic carbocycles. The van der Waals surface area contributed by atoms with E-state index in [9.17, 15) is 14.4 Å². The zero-order chi connectivity index (χ0) is 16.7. The number of carbonyl (C=O) groups is 3. The summed E-state index contributed by atoms with van der Waals surface area (Å²) in [4.78, 5) is 34.0. The van der Waals surface area contributed by atoms with Gasteiger partial charge < -0.3 is 20.2 Å². The molecule has 0 aliphatic heterocycles. The quantitative estimate of drug-likeness (QED) is 0.704. The van der Waals surface area contributed by atoms with Gasteiger partial charge in [0.2, 0.25) is 5.91 Å². The highest BCUT2D eigenvalue weighted by Gasteiger charge is 2.08. The molecule has 0 spiro atoms. The van der Waals surface area contributed by atoms with E-state index < -0.39 is 18.4 Å². The minimum absolute atomic E-state index is 0.249. The van der Waals surface area contributed by atoms with Gasteiger partial charge >= 0.3 is 5.97 Å². The van der Waals surface area contributed by atoms with Crippen molar-refractivity contribution in [3.8, 4) is 0 Å². The first kappa shape index (κ1) is 16.0. The van der Waals surface area contributed by atoms with Gasteiger partial charge in [-0.2, -0.15) is 0 Å². The predicted molar refractivity (Wildman–Crippen MR) is 82.8 cm³/mol. The average Bonchev–Trinajstić information content (AvgIpc) is 3.04. The monoisotopic (exact) mass is 314 g/mol. The number of amides is 2. The van der Waals surface area contributed by atoms with Crippen LogP contribution in [0, 0.1) is 0 Å². The summed E-state index contributed by atoms with van der Waals surface area (Å²) < 4.78 is 5.06. The Balaban J connectivity index is 1.98. The van der Waals surface area contributed by atoms with Gasteiger partial charge in [0.15, 0.2) is 0 Å². The lowest BCUT2D eigenvalue weighted by Gasteiger charge is -2.06. The second-order valence-corrected chi connectivity index (χ2v) is 4.50. The molecule has 0 saturated heterocycles. The van der Waals surface area contributed by atoms with E-state index in [1.54, 1.807) is 24.3 Å². The molecule has 7 nitrogen and oxygen atoms in total. The molecule has 1 aromatic heterocycles. The van der Waals surface area contributed by atoms with Crippen LogP contribution in [0.4, 0.5) is 5.69 Å². The van der Waals surface area contributed by atoms with Crippen molar-refractivity contribution < 1.29 is 23.9 Å². The molecule has 0 aliphatic rings. The van der Waals surface area contributed by atoms with Crippen molar-refractivity contribution in [3.63, 3.8) is 0 Å². The zero-order valence-corrected chi connectivity index (χ0v) is 12.0. The molecule has 1 heterocycles. The first-order valence-electron chi connectivity index (χ1n) is 6.67.